The molecule has 0 amide bonds. The maximum Gasteiger partial charge on any atom is 0.184 e. The van der Waals surface area contributed by atoms with E-state index in [4.69, 9.17) is 33.4 Å². The predicted molar refractivity (Wildman–Crippen MR) is 110 cm³/mol. The van der Waals surface area contributed by atoms with Gasteiger partial charge >= 0.3 is 0 Å². The zero-order chi connectivity index (χ0) is 18.5. The maximum atomic E-state index is 6.10. The minimum absolute atomic E-state index is 0.117. The molecule has 3 rings (SSSR count). The van der Waals surface area contributed by atoms with Crippen LogP contribution in [0.3, 0.4) is 0 Å². The minimum Gasteiger partial charge on any atom is -0.459 e. The topological polar surface area (TPSA) is 70.0 Å². The van der Waals surface area contributed by atoms with Gasteiger partial charge in [0.15, 0.2) is 5.11 Å². The molecular formula is C17H19Cl2N5OS. The predicted octanol–water partition coefficient (Wildman–Crippen LogP) is 3.08. The number of piperazine rings is 1. The van der Waals surface area contributed by atoms with E-state index in [0.717, 1.165) is 44.2 Å². The van der Waals surface area contributed by atoms with Crippen LogP contribution in [-0.2, 0) is 6.54 Å². The number of rotatable bonds is 5. The van der Waals surface area contributed by atoms with Crippen LogP contribution in [0.25, 0.3) is 0 Å². The number of benzene rings is 1. The van der Waals surface area contributed by atoms with Gasteiger partial charge in [-0.15, -0.1) is 0 Å². The average molecular weight is 412 g/mol. The summed E-state index contributed by atoms with van der Waals surface area (Å²) >= 11 is 16.9. The summed E-state index contributed by atoms with van der Waals surface area (Å²) < 4.78 is 5.75. The van der Waals surface area contributed by atoms with Crippen molar-refractivity contribution in [2.24, 2.45) is 10.8 Å². The Balaban J connectivity index is 1.52. The van der Waals surface area contributed by atoms with Crippen molar-refractivity contribution in [1.82, 2.24) is 10.3 Å². The van der Waals surface area contributed by atoms with Gasteiger partial charge in [0.05, 0.1) is 12.8 Å². The van der Waals surface area contributed by atoms with E-state index in [2.05, 4.69) is 32.5 Å². The lowest BCUT2D eigenvalue weighted by Crippen LogP contribution is -2.45. The van der Waals surface area contributed by atoms with Gasteiger partial charge in [0, 0.05) is 41.9 Å². The Morgan fingerprint density at radius 2 is 1.88 bits per heavy atom. The monoisotopic (exact) mass is 411 g/mol. The van der Waals surface area contributed by atoms with Crippen molar-refractivity contribution in [3.8, 4) is 0 Å². The van der Waals surface area contributed by atoms with Gasteiger partial charge in [-0.2, -0.15) is 5.10 Å². The quantitative estimate of drug-likeness (QED) is 0.447. The molecule has 0 aliphatic carbocycles. The van der Waals surface area contributed by atoms with E-state index >= 15 is 0 Å². The second-order valence-corrected chi connectivity index (χ2v) is 7.24. The van der Waals surface area contributed by atoms with Crippen LogP contribution in [-0.4, -0.2) is 42.4 Å². The Morgan fingerprint density at radius 3 is 2.54 bits per heavy atom. The van der Waals surface area contributed by atoms with Gasteiger partial charge in [-0.25, -0.2) is 0 Å². The van der Waals surface area contributed by atoms with Crippen molar-refractivity contribution >= 4 is 52.4 Å². The molecule has 138 valence electrons. The van der Waals surface area contributed by atoms with Crippen molar-refractivity contribution in [3.63, 3.8) is 0 Å². The maximum absolute atomic E-state index is 6.10. The van der Waals surface area contributed by atoms with Crippen LogP contribution < -0.4 is 16.1 Å². The summed E-state index contributed by atoms with van der Waals surface area (Å²) in [4.78, 5) is 4.63. The first-order valence-electron chi connectivity index (χ1n) is 8.10. The first kappa shape index (κ1) is 19.0. The average Bonchev–Trinajstić information content (AvgIpc) is 3.01. The van der Waals surface area contributed by atoms with E-state index in [0.29, 0.717) is 15.8 Å². The number of nitrogens with zero attached hydrogens (tertiary/aromatic N) is 3. The Labute approximate surface area is 167 Å². The summed E-state index contributed by atoms with van der Waals surface area (Å²) in [6, 6.07) is 9.46. The van der Waals surface area contributed by atoms with E-state index in [1.165, 1.54) is 0 Å². The minimum atomic E-state index is 0.117. The third-order valence-corrected chi connectivity index (χ3v) is 4.54. The summed E-state index contributed by atoms with van der Waals surface area (Å²) in [5.74, 6) is 1.54. The normalized spacial score (nSPS) is 15.5. The summed E-state index contributed by atoms with van der Waals surface area (Å²) in [7, 11) is 0. The lowest BCUT2D eigenvalue weighted by Gasteiger charge is -2.35. The number of nitrogens with two attached hydrogens (primary N) is 1. The van der Waals surface area contributed by atoms with Crippen LogP contribution in [0.4, 0.5) is 5.69 Å². The molecular weight excluding hydrogens is 393 g/mol. The van der Waals surface area contributed by atoms with Gasteiger partial charge in [0.2, 0.25) is 0 Å². The van der Waals surface area contributed by atoms with Gasteiger partial charge in [-0.3, -0.25) is 10.3 Å². The molecule has 0 spiro atoms. The van der Waals surface area contributed by atoms with Gasteiger partial charge in [-0.1, -0.05) is 23.2 Å². The van der Waals surface area contributed by atoms with Crippen molar-refractivity contribution in [2.45, 2.75) is 6.54 Å². The highest BCUT2D eigenvalue weighted by Gasteiger charge is 2.19. The second-order valence-electron chi connectivity index (χ2n) is 5.93. The van der Waals surface area contributed by atoms with Crippen LogP contribution >= 0.6 is 35.4 Å². The zero-order valence-electron chi connectivity index (χ0n) is 14.0. The SMILES string of the molecule is NC(=S)NN=Cc1ccc(CN2CCN(c3cc(Cl)cc(Cl)c3)CC2)o1. The lowest BCUT2D eigenvalue weighted by molar-refractivity contribution is 0.230. The number of furan rings is 1. The molecule has 26 heavy (non-hydrogen) atoms. The number of hydrogen-bond donors (Lipinski definition) is 2. The molecule has 1 aromatic carbocycles. The highest BCUT2D eigenvalue weighted by molar-refractivity contribution is 7.80. The largest absolute Gasteiger partial charge is 0.459 e. The van der Waals surface area contributed by atoms with Crippen LogP contribution in [0.1, 0.15) is 11.5 Å². The van der Waals surface area contributed by atoms with E-state index in [1.807, 2.05) is 24.3 Å². The smallest absolute Gasteiger partial charge is 0.184 e. The van der Waals surface area contributed by atoms with E-state index in [1.54, 1.807) is 12.3 Å². The molecule has 0 bridgehead atoms. The molecule has 0 unspecified atom stereocenters. The number of nitrogens with one attached hydrogen (secondary N) is 1. The van der Waals surface area contributed by atoms with Gasteiger partial charge < -0.3 is 15.1 Å². The van der Waals surface area contributed by atoms with Crippen LogP contribution in [0, 0.1) is 0 Å². The number of thiocarbonyl (C=S) groups is 1. The fourth-order valence-corrected chi connectivity index (χ4v) is 3.38. The summed E-state index contributed by atoms with van der Waals surface area (Å²) in [6.07, 6.45) is 1.55. The first-order chi connectivity index (χ1) is 12.5. The fraction of sp³-hybridized carbons (Fsp3) is 0.294. The molecule has 1 saturated heterocycles. The summed E-state index contributed by atoms with van der Waals surface area (Å²) in [6.45, 7) is 4.42. The molecule has 0 radical (unpaired) electrons. The number of hydrogen-bond acceptors (Lipinski definition) is 5. The van der Waals surface area contributed by atoms with Crippen molar-refractivity contribution in [2.75, 3.05) is 31.1 Å². The van der Waals surface area contributed by atoms with Gasteiger partial charge in [0.1, 0.15) is 11.5 Å². The molecule has 2 aromatic rings. The standard InChI is InChI=1S/C17H19Cl2N5OS/c18-12-7-13(19)9-14(8-12)24-5-3-23(4-6-24)11-16-2-1-15(25-16)10-21-22-17(20)26/h1-2,7-10H,3-6,11H2,(H3,20,22,26). The molecule has 3 N–H and O–H groups in total. The number of hydrazone groups is 1. The van der Waals surface area contributed by atoms with Crippen LogP contribution in [0.15, 0.2) is 39.9 Å². The molecule has 9 heteroatoms. The third-order valence-electron chi connectivity index (χ3n) is 4.01. The highest BCUT2D eigenvalue weighted by atomic mass is 35.5. The lowest BCUT2D eigenvalue weighted by atomic mass is 10.2. The van der Waals surface area contributed by atoms with E-state index in [9.17, 15) is 0 Å². The van der Waals surface area contributed by atoms with Crippen molar-refractivity contribution in [1.29, 1.82) is 0 Å². The molecule has 1 fully saturated rings. The summed E-state index contributed by atoms with van der Waals surface area (Å²) in [5, 5.41) is 5.31. The molecule has 1 aromatic heterocycles. The van der Waals surface area contributed by atoms with E-state index < -0.39 is 0 Å². The van der Waals surface area contributed by atoms with E-state index in [-0.39, 0.29) is 5.11 Å². The molecule has 0 atom stereocenters. The van der Waals surface area contributed by atoms with Crippen LogP contribution in [0.2, 0.25) is 10.0 Å². The van der Waals surface area contributed by atoms with Gasteiger partial charge in [-0.05, 0) is 42.5 Å². The second kappa shape index (κ2) is 8.73. The Bertz CT molecular complexity index is 782. The van der Waals surface area contributed by atoms with Crippen molar-refractivity contribution < 1.29 is 4.42 Å². The molecule has 1 aliphatic rings. The zero-order valence-corrected chi connectivity index (χ0v) is 16.3. The van der Waals surface area contributed by atoms with Crippen molar-refractivity contribution in [3.05, 3.63) is 51.9 Å². The first-order valence-corrected chi connectivity index (χ1v) is 9.26. The Kier molecular flexibility index (Phi) is 6.37. The number of halogens is 2. The number of anilines is 1. The molecule has 2 heterocycles. The highest BCUT2D eigenvalue weighted by Crippen LogP contribution is 2.26. The van der Waals surface area contributed by atoms with Crippen LogP contribution in [0.5, 0.6) is 0 Å². The Hall–Kier alpha value is -1.80. The third kappa shape index (κ3) is 5.35. The van der Waals surface area contributed by atoms with Gasteiger partial charge in [0.25, 0.3) is 0 Å². The molecule has 0 saturated carbocycles. The molecule has 1 aliphatic heterocycles. The summed E-state index contributed by atoms with van der Waals surface area (Å²) in [5.41, 5.74) is 8.86. The Morgan fingerprint density at radius 1 is 1.19 bits per heavy atom. The fourth-order valence-electron chi connectivity index (χ4n) is 2.81. The molecule has 6 nitrogen and oxygen atoms in total.